The minimum absolute atomic E-state index is 0.0504. The molecule has 2 aromatic rings. The van der Waals surface area contributed by atoms with Gasteiger partial charge < -0.3 is 10.2 Å². The summed E-state index contributed by atoms with van der Waals surface area (Å²) in [5, 5.41) is 3.22. The predicted octanol–water partition coefficient (Wildman–Crippen LogP) is 1.68. The minimum Gasteiger partial charge on any atom is -0.318 e. The first-order chi connectivity index (χ1) is 14.3. The lowest BCUT2D eigenvalue weighted by Gasteiger charge is -2.22. The molecule has 0 spiro atoms. The van der Waals surface area contributed by atoms with E-state index in [9.17, 15) is 23.6 Å². The van der Waals surface area contributed by atoms with Crippen molar-refractivity contribution in [1.29, 1.82) is 0 Å². The molecule has 0 saturated carbocycles. The number of benzene rings is 2. The topological polar surface area (TPSA) is 98.8 Å². The summed E-state index contributed by atoms with van der Waals surface area (Å²) < 4.78 is 14.0. The molecular weight excluding hydrogens is 391 g/mol. The van der Waals surface area contributed by atoms with E-state index in [1.807, 2.05) is 0 Å². The summed E-state index contributed by atoms with van der Waals surface area (Å²) in [7, 11) is 0. The molecule has 0 aromatic heterocycles. The third kappa shape index (κ3) is 3.18. The molecular formula is C21H19FN4O4. The molecule has 2 fully saturated rings. The summed E-state index contributed by atoms with van der Waals surface area (Å²) in [6.45, 7) is 1.50. The average Bonchev–Trinajstić information content (AvgIpc) is 3.22. The van der Waals surface area contributed by atoms with Gasteiger partial charge in [0, 0.05) is 13.0 Å². The van der Waals surface area contributed by atoms with Gasteiger partial charge in [-0.1, -0.05) is 42.5 Å². The van der Waals surface area contributed by atoms with Crippen LogP contribution in [-0.2, 0) is 19.9 Å². The Kier molecular flexibility index (Phi) is 4.73. The Morgan fingerprint density at radius 2 is 1.77 bits per heavy atom. The van der Waals surface area contributed by atoms with Crippen molar-refractivity contribution in [3.8, 4) is 0 Å². The minimum atomic E-state index is -1.32. The van der Waals surface area contributed by atoms with E-state index in [0.717, 1.165) is 0 Å². The lowest BCUT2D eigenvalue weighted by Crippen LogP contribution is -2.50. The molecule has 2 aliphatic rings. The zero-order valence-electron chi connectivity index (χ0n) is 16.1. The molecule has 9 heteroatoms. The number of carbonyl (C=O) groups excluding carboxylic acids is 4. The Bertz CT molecular complexity index is 1040. The predicted molar refractivity (Wildman–Crippen MR) is 104 cm³/mol. The summed E-state index contributed by atoms with van der Waals surface area (Å²) in [6, 6.07) is 13.7. The van der Waals surface area contributed by atoms with Crippen molar-refractivity contribution in [3.63, 3.8) is 0 Å². The first-order valence-electron chi connectivity index (χ1n) is 9.39. The Morgan fingerprint density at radius 3 is 2.47 bits per heavy atom. The van der Waals surface area contributed by atoms with Crippen molar-refractivity contribution in [2.45, 2.75) is 18.9 Å². The number of para-hydroxylation sites is 1. The molecule has 4 rings (SSSR count). The highest BCUT2D eigenvalue weighted by molar-refractivity contribution is 6.08. The Hall–Kier alpha value is -3.75. The van der Waals surface area contributed by atoms with Crippen LogP contribution in [0.5, 0.6) is 0 Å². The second-order valence-corrected chi connectivity index (χ2v) is 7.39. The van der Waals surface area contributed by atoms with Gasteiger partial charge in [-0.2, -0.15) is 5.01 Å². The number of amides is 5. The van der Waals surface area contributed by atoms with E-state index in [1.54, 1.807) is 43.3 Å². The zero-order chi connectivity index (χ0) is 21.5. The van der Waals surface area contributed by atoms with Crippen LogP contribution in [0, 0.1) is 11.7 Å². The molecule has 0 unspecified atom stereocenters. The van der Waals surface area contributed by atoms with Gasteiger partial charge in [-0.25, -0.2) is 9.18 Å². The van der Waals surface area contributed by atoms with E-state index in [4.69, 9.17) is 0 Å². The number of hydrogen-bond donors (Lipinski definition) is 2. The van der Waals surface area contributed by atoms with Crippen LogP contribution < -0.4 is 15.6 Å². The fourth-order valence-electron chi connectivity index (χ4n) is 3.70. The van der Waals surface area contributed by atoms with E-state index >= 15 is 0 Å². The molecule has 0 bridgehead atoms. The van der Waals surface area contributed by atoms with Crippen molar-refractivity contribution in [2.24, 2.45) is 5.92 Å². The van der Waals surface area contributed by atoms with Crippen molar-refractivity contribution >= 4 is 29.4 Å². The number of nitrogens with one attached hydrogen (secondary N) is 2. The van der Waals surface area contributed by atoms with Crippen LogP contribution in [0.2, 0.25) is 0 Å². The second-order valence-electron chi connectivity index (χ2n) is 7.39. The van der Waals surface area contributed by atoms with Crippen LogP contribution in [0.4, 0.5) is 14.9 Å². The number of nitrogens with zero attached hydrogens (tertiary/aromatic N) is 2. The van der Waals surface area contributed by atoms with Crippen molar-refractivity contribution < 1.29 is 23.6 Å². The summed E-state index contributed by atoms with van der Waals surface area (Å²) >= 11 is 0. The van der Waals surface area contributed by atoms with Gasteiger partial charge in [0.2, 0.25) is 11.8 Å². The Morgan fingerprint density at radius 1 is 1.10 bits per heavy atom. The number of halogens is 1. The summed E-state index contributed by atoms with van der Waals surface area (Å²) in [5.74, 6) is -3.11. The molecule has 2 N–H and O–H groups in total. The monoisotopic (exact) mass is 410 g/mol. The fourth-order valence-corrected chi connectivity index (χ4v) is 3.70. The second kappa shape index (κ2) is 7.25. The number of hydrazine groups is 1. The summed E-state index contributed by atoms with van der Waals surface area (Å²) in [6.07, 6.45) is -0.153. The third-order valence-corrected chi connectivity index (χ3v) is 5.40. The molecule has 2 heterocycles. The fraction of sp³-hybridized carbons (Fsp3) is 0.238. The van der Waals surface area contributed by atoms with Gasteiger partial charge in [0.05, 0.1) is 11.6 Å². The summed E-state index contributed by atoms with van der Waals surface area (Å²) in [5.41, 5.74) is 1.65. The molecule has 0 radical (unpaired) electrons. The van der Waals surface area contributed by atoms with E-state index in [1.165, 1.54) is 23.1 Å². The average molecular weight is 410 g/mol. The molecule has 154 valence electrons. The lowest BCUT2D eigenvalue weighted by molar-refractivity contribution is -0.140. The van der Waals surface area contributed by atoms with Gasteiger partial charge in [-0.05, 0) is 24.6 Å². The number of anilines is 1. The quantitative estimate of drug-likeness (QED) is 0.750. The van der Waals surface area contributed by atoms with Gasteiger partial charge in [-0.15, -0.1) is 0 Å². The molecule has 5 amide bonds. The van der Waals surface area contributed by atoms with E-state index in [2.05, 4.69) is 10.7 Å². The smallest absolute Gasteiger partial charge is 0.318 e. The van der Waals surface area contributed by atoms with Crippen molar-refractivity contribution in [2.75, 3.05) is 11.4 Å². The highest BCUT2D eigenvalue weighted by Crippen LogP contribution is 2.29. The highest BCUT2D eigenvalue weighted by Gasteiger charge is 2.50. The normalized spacial score (nSPS) is 23.7. The molecule has 8 nitrogen and oxygen atoms in total. The largest absolute Gasteiger partial charge is 0.344 e. The van der Waals surface area contributed by atoms with Crippen LogP contribution in [-0.4, -0.2) is 35.3 Å². The van der Waals surface area contributed by atoms with E-state index in [-0.39, 0.29) is 18.7 Å². The van der Waals surface area contributed by atoms with Gasteiger partial charge in [-0.3, -0.25) is 19.8 Å². The molecule has 0 aliphatic carbocycles. The Balaban J connectivity index is 1.48. The van der Waals surface area contributed by atoms with Crippen LogP contribution in [0.1, 0.15) is 18.9 Å². The maximum absolute atomic E-state index is 14.0. The van der Waals surface area contributed by atoms with Crippen molar-refractivity contribution in [1.82, 2.24) is 15.8 Å². The van der Waals surface area contributed by atoms with Crippen molar-refractivity contribution in [3.05, 3.63) is 66.0 Å². The van der Waals surface area contributed by atoms with Gasteiger partial charge in [0.1, 0.15) is 11.4 Å². The zero-order valence-corrected chi connectivity index (χ0v) is 16.1. The number of urea groups is 1. The molecule has 2 aliphatic heterocycles. The maximum atomic E-state index is 14.0. The van der Waals surface area contributed by atoms with Crippen LogP contribution >= 0.6 is 0 Å². The number of hydrogen-bond acceptors (Lipinski definition) is 4. The van der Waals surface area contributed by atoms with Gasteiger partial charge >= 0.3 is 6.03 Å². The van der Waals surface area contributed by atoms with Crippen LogP contribution in [0.15, 0.2) is 54.6 Å². The van der Waals surface area contributed by atoms with Gasteiger partial charge in [0.15, 0.2) is 0 Å². The first kappa shape index (κ1) is 19.6. The molecule has 30 heavy (non-hydrogen) atoms. The number of imide groups is 1. The highest BCUT2D eigenvalue weighted by atomic mass is 19.1. The number of rotatable bonds is 4. The number of carbonyl (C=O) groups is 4. The van der Waals surface area contributed by atoms with E-state index in [0.29, 0.717) is 10.6 Å². The molecule has 2 saturated heterocycles. The maximum Gasteiger partial charge on any atom is 0.344 e. The van der Waals surface area contributed by atoms with Crippen LogP contribution in [0.3, 0.4) is 0 Å². The van der Waals surface area contributed by atoms with E-state index < -0.39 is 41.0 Å². The molecule has 2 atom stereocenters. The Labute approximate surface area is 171 Å². The SMILES string of the molecule is C[C@]1(c2ccccc2)NC(=O)N(NC(=O)[C@H]2CC(=O)N(c3ccccc3F)C2)C1=O. The summed E-state index contributed by atoms with van der Waals surface area (Å²) in [4.78, 5) is 51.5. The lowest BCUT2D eigenvalue weighted by atomic mass is 9.92. The standard InChI is InChI=1S/C21H19FN4O4/c1-21(14-7-3-2-4-8-14)19(29)26(20(30)23-21)24-18(28)13-11-17(27)25(12-13)16-10-6-5-9-15(16)22/h2-10,13H,11-12H2,1H3,(H,23,30)(H,24,28)/t13-,21+/m0/s1. The molecule has 2 aromatic carbocycles. The first-order valence-corrected chi connectivity index (χ1v) is 9.39. The third-order valence-electron chi connectivity index (χ3n) is 5.40. The van der Waals surface area contributed by atoms with Gasteiger partial charge in [0.25, 0.3) is 5.91 Å². The van der Waals surface area contributed by atoms with Crippen LogP contribution in [0.25, 0.3) is 0 Å².